The van der Waals surface area contributed by atoms with Gasteiger partial charge in [-0.05, 0) is 48.2 Å². The van der Waals surface area contributed by atoms with E-state index in [4.69, 9.17) is 5.73 Å². The van der Waals surface area contributed by atoms with E-state index in [2.05, 4.69) is 34.9 Å². The number of hydrogen-bond acceptors (Lipinski definition) is 4. The highest BCUT2D eigenvalue weighted by Crippen LogP contribution is 2.16. The lowest BCUT2D eigenvalue weighted by molar-refractivity contribution is 0.850. The second-order valence-electron chi connectivity index (χ2n) is 4.72. The molecular formula is C15H20N4. The van der Waals surface area contributed by atoms with Crippen LogP contribution >= 0.6 is 0 Å². The van der Waals surface area contributed by atoms with Gasteiger partial charge in [-0.1, -0.05) is 0 Å². The molecule has 4 nitrogen and oxygen atoms in total. The zero-order valence-electron chi connectivity index (χ0n) is 11.5. The summed E-state index contributed by atoms with van der Waals surface area (Å²) in [6.45, 7) is 3.54. The number of hydrogen-bond donors (Lipinski definition) is 1. The molecule has 0 spiro atoms. The van der Waals surface area contributed by atoms with E-state index in [1.807, 2.05) is 30.7 Å². The van der Waals surface area contributed by atoms with Crippen molar-refractivity contribution in [2.75, 3.05) is 18.5 Å². The van der Waals surface area contributed by atoms with Gasteiger partial charge in [-0.15, -0.1) is 0 Å². The molecule has 4 heteroatoms. The third-order valence-electron chi connectivity index (χ3n) is 3.19. The normalized spacial score (nSPS) is 10.5. The van der Waals surface area contributed by atoms with Gasteiger partial charge in [0.1, 0.15) is 5.82 Å². The monoisotopic (exact) mass is 256 g/mol. The van der Waals surface area contributed by atoms with Crippen molar-refractivity contribution >= 4 is 5.82 Å². The lowest BCUT2D eigenvalue weighted by atomic mass is 10.1. The van der Waals surface area contributed by atoms with Crippen LogP contribution in [-0.2, 0) is 13.0 Å². The van der Waals surface area contributed by atoms with Crippen molar-refractivity contribution in [3.8, 4) is 0 Å². The first-order valence-electron chi connectivity index (χ1n) is 6.46. The zero-order valence-corrected chi connectivity index (χ0v) is 11.5. The fourth-order valence-electron chi connectivity index (χ4n) is 2.09. The lowest BCUT2D eigenvalue weighted by Crippen LogP contribution is -2.22. The van der Waals surface area contributed by atoms with Crippen LogP contribution in [0.25, 0.3) is 0 Å². The van der Waals surface area contributed by atoms with Crippen LogP contribution in [0, 0.1) is 6.92 Å². The Balaban J connectivity index is 2.02. The Morgan fingerprint density at radius 3 is 2.58 bits per heavy atom. The summed E-state index contributed by atoms with van der Waals surface area (Å²) in [4.78, 5) is 10.7. The van der Waals surface area contributed by atoms with E-state index in [-0.39, 0.29) is 0 Å². The highest BCUT2D eigenvalue weighted by Gasteiger charge is 2.07. The first-order chi connectivity index (χ1) is 9.20. The van der Waals surface area contributed by atoms with Crippen molar-refractivity contribution in [1.29, 1.82) is 0 Å². The van der Waals surface area contributed by atoms with Crippen molar-refractivity contribution in [1.82, 2.24) is 9.97 Å². The van der Waals surface area contributed by atoms with Gasteiger partial charge in [0.15, 0.2) is 0 Å². The summed E-state index contributed by atoms with van der Waals surface area (Å²) in [6, 6.07) is 6.20. The molecular weight excluding hydrogens is 236 g/mol. The summed E-state index contributed by atoms with van der Waals surface area (Å²) in [5, 5.41) is 0. The van der Waals surface area contributed by atoms with E-state index in [9.17, 15) is 0 Å². The third-order valence-corrected chi connectivity index (χ3v) is 3.19. The fourth-order valence-corrected chi connectivity index (χ4v) is 2.09. The quantitative estimate of drug-likeness (QED) is 0.888. The van der Waals surface area contributed by atoms with Gasteiger partial charge in [0.25, 0.3) is 0 Å². The predicted octanol–water partition coefficient (Wildman–Crippen LogP) is 1.92. The maximum atomic E-state index is 5.62. The number of aryl methyl sites for hydroxylation is 1. The van der Waals surface area contributed by atoms with Gasteiger partial charge in [0.2, 0.25) is 0 Å². The van der Waals surface area contributed by atoms with E-state index in [0.29, 0.717) is 6.54 Å². The number of rotatable bonds is 5. The van der Waals surface area contributed by atoms with Crippen LogP contribution in [0.5, 0.6) is 0 Å². The molecule has 19 heavy (non-hydrogen) atoms. The van der Waals surface area contributed by atoms with Gasteiger partial charge in [-0.25, -0.2) is 4.98 Å². The number of nitrogens with two attached hydrogens (primary N) is 1. The molecule has 0 aliphatic heterocycles. The topological polar surface area (TPSA) is 55.0 Å². The Labute approximate surface area is 114 Å². The average Bonchev–Trinajstić information content (AvgIpc) is 2.45. The van der Waals surface area contributed by atoms with Gasteiger partial charge in [0.05, 0.1) is 0 Å². The molecule has 100 valence electrons. The molecule has 0 saturated carbocycles. The minimum atomic E-state index is 0.537. The van der Waals surface area contributed by atoms with Crippen LogP contribution in [-0.4, -0.2) is 23.6 Å². The van der Waals surface area contributed by atoms with Gasteiger partial charge in [-0.3, -0.25) is 4.98 Å². The molecule has 2 heterocycles. The van der Waals surface area contributed by atoms with Crippen LogP contribution in [0.1, 0.15) is 16.7 Å². The molecule has 2 rings (SSSR count). The van der Waals surface area contributed by atoms with Crippen molar-refractivity contribution < 1.29 is 0 Å². The first-order valence-corrected chi connectivity index (χ1v) is 6.46. The predicted molar refractivity (Wildman–Crippen MR) is 78.1 cm³/mol. The largest absolute Gasteiger partial charge is 0.359 e. The van der Waals surface area contributed by atoms with Crippen LogP contribution in [0.2, 0.25) is 0 Å². The molecule has 2 N–H and O–H groups in total. The van der Waals surface area contributed by atoms with Gasteiger partial charge in [0, 0.05) is 38.7 Å². The Morgan fingerprint density at radius 1 is 1.21 bits per heavy atom. The van der Waals surface area contributed by atoms with Crippen molar-refractivity contribution in [2.24, 2.45) is 5.73 Å². The fraction of sp³-hybridized carbons (Fsp3) is 0.333. The molecule has 0 aromatic carbocycles. The number of likely N-dealkylation sites (N-methyl/N-ethyl adjacent to an activating group) is 1. The lowest BCUT2D eigenvalue weighted by Gasteiger charge is -2.20. The average molecular weight is 256 g/mol. The molecule has 2 aromatic rings. The second-order valence-corrected chi connectivity index (χ2v) is 4.72. The zero-order chi connectivity index (χ0) is 13.7. The Hall–Kier alpha value is -1.94. The summed E-state index contributed by atoms with van der Waals surface area (Å²) in [5.74, 6) is 1.02. The minimum Gasteiger partial charge on any atom is -0.359 e. The van der Waals surface area contributed by atoms with E-state index in [1.54, 1.807) is 0 Å². The number of pyridine rings is 2. The SMILES string of the molecule is Cc1cc(CN)cnc1N(C)CCc1ccncc1. The molecule has 2 aromatic heterocycles. The summed E-state index contributed by atoms with van der Waals surface area (Å²) in [7, 11) is 2.07. The van der Waals surface area contributed by atoms with Crippen LogP contribution in [0.4, 0.5) is 5.82 Å². The van der Waals surface area contributed by atoms with E-state index in [1.165, 1.54) is 11.1 Å². The summed E-state index contributed by atoms with van der Waals surface area (Å²) >= 11 is 0. The second kappa shape index (κ2) is 6.29. The van der Waals surface area contributed by atoms with E-state index in [0.717, 1.165) is 24.3 Å². The highest BCUT2D eigenvalue weighted by molar-refractivity contribution is 5.46. The van der Waals surface area contributed by atoms with Crippen LogP contribution in [0.3, 0.4) is 0 Å². The summed E-state index contributed by atoms with van der Waals surface area (Å²) < 4.78 is 0. The maximum Gasteiger partial charge on any atom is 0.131 e. The summed E-state index contributed by atoms with van der Waals surface area (Å²) in [6.07, 6.45) is 6.49. The molecule has 0 aliphatic rings. The Bertz CT molecular complexity index is 525. The smallest absolute Gasteiger partial charge is 0.131 e. The molecule has 0 atom stereocenters. The minimum absolute atomic E-state index is 0.537. The molecule has 0 bridgehead atoms. The van der Waals surface area contributed by atoms with Crippen molar-refractivity contribution in [2.45, 2.75) is 19.9 Å². The molecule has 0 unspecified atom stereocenters. The van der Waals surface area contributed by atoms with Crippen molar-refractivity contribution in [3.05, 3.63) is 53.5 Å². The molecule has 0 radical (unpaired) electrons. The van der Waals surface area contributed by atoms with Gasteiger partial charge < -0.3 is 10.6 Å². The Morgan fingerprint density at radius 2 is 1.95 bits per heavy atom. The number of nitrogens with zero attached hydrogens (tertiary/aromatic N) is 3. The first kappa shape index (κ1) is 13.5. The molecule has 0 saturated heterocycles. The molecule has 0 aliphatic carbocycles. The third kappa shape index (κ3) is 3.51. The van der Waals surface area contributed by atoms with E-state index >= 15 is 0 Å². The van der Waals surface area contributed by atoms with Crippen LogP contribution < -0.4 is 10.6 Å². The number of anilines is 1. The molecule has 0 fully saturated rings. The summed E-state index contributed by atoms with van der Waals surface area (Å²) in [5.41, 5.74) is 9.15. The molecule has 0 amide bonds. The standard InChI is InChI=1S/C15H20N4/c1-12-9-14(10-16)11-18-15(12)19(2)8-5-13-3-6-17-7-4-13/h3-4,6-7,9,11H,5,8,10,16H2,1-2H3. The highest BCUT2D eigenvalue weighted by atomic mass is 15.2. The van der Waals surface area contributed by atoms with Gasteiger partial charge in [-0.2, -0.15) is 0 Å². The van der Waals surface area contributed by atoms with E-state index < -0.39 is 0 Å². The van der Waals surface area contributed by atoms with Crippen LogP contribution in [0.15, 0.2) is 36.8 Å². The Kier molecular flexibility index (Phi) is 4.47. The van der Waals surface area contributed by atoms with Gasteiger partial charge >= 0.3 is 0 Å². The maximum absolute atomic E-state index is 5.62. The number of aromatic nitrogens is 2. The van der Waals surface area contributed by atoms with Crippen molar-refractivity contribution in [3.63, 3.8) is 0 Å².